The molecule has 0 aliphatic heterocycles. The van der Waals surface area contributed by atoms with Crippen LogP contribution in [0.5, 0.6) is 0 Å². The number of rotatable bonds is 3. The predicted octanol–water partition coefficient (Wildman–Crippen LogP) is 1.09. The number of anilines is 1. The van der Waals surface area contributed by atoms with E-state index in [0.717, 1.165) is 12.4 Å². The number of hydrogen-bond acceptors (Lipinski definition) is 4. The van der Waals surface area contributed by atoms with Crippen LogP contribution in [0.3, 0.4) is 0 Å². The van der Waals surface area contributed by atoms with E-state index in [4.69, 9.17) is 0 Å². The fourth-order valence-electron chi connectivity index (χ4n) is 1.12. The Kier molecular flexibility index (Phi) is 2.40. The van der Waals surface area contributed by atoms with Gasteiger partial charge in [0.1, 0.15) is 0 Å². The van der Waals surface area contributed by atoms with Gasteiger partial charge in [0.25, 0.3) is 0 Å². The molecular weight excluding hydrogens is 178 g/mol. The van der Waals surface area contributed by atoms with E-state index >= 15 is 0 Å². The van der Waals surface area contributed by atoms with Crippen LogP contribution in [-0.2, 0) is 0 Å². The van der Waals surface area contributed by atoms with Crippen molar-refractivity contribution in [2.24, 2.45) is 0 Å². The summed E-state index contributed by atoms with van der Waals surface area (Å²) in [6.45, 7) is 2.81. The molecule has 5 nitrogen and oxygen atoms in total. The van der Waals surface area contributed by atoms with E-state index in [0.29, 0.717) is 5.95 Å². The third kappa shape index (κ3) is 1.71. The Bertz CT molecular complexity index is 395. The van der Waals surface area contributed by atoms with Gasteiger partial charge < -0.3 is 5.32 Å². The highest BCUT2D eigenvalue weighted by Crippen LogP contribution is 2.04. The second kappa shape index (κ2) is 3.87. The highest BCUT2D eigenvalue weighted by atomic mass is 15.3. The van der Waals surface area contributed by atoms with Crippen LogP contribution in [0.1, 0.15) is 6.92 Å². The van der Waals surface area contributed by atoms with E-state index in [-0.39, 0.29) is 0 Å². The van der Waals surface area contributed by atoms with Crippen molar-refractivity contribution in [3.05, 3.63) is 30.7 Å². The second-order valence-electron chi connectivity index (χ2n) is 2.72. The van der Waals surface area contributed by atoms with Gasteiger partial charge in [-0.1, -0.05) is 0 Å². The van der Waals surface area contributed by atoms with Crippen molar-refractivity contribution < 1.29 is 0 Å². The Morgan fingerprint density at radius 3 is 3.07 bits per heavy atom. The number of aromatic nitrogens is 4. The predicted molar refractivity (Wildman–Crippen MR) is 53.3 cm³/mol. The molecule has 0 aliphatic carbocycles. The van der Waals surface area contributed by atoms with Crippen LogP contribution in [0, 0.1) is 0 Å². The van der Waals surface area contributed by atoms with Gasteiger partial charge in [0.2, 0.25) is 5.95 Å². The zero-order chi connectivity index (χ0) is 9.80. The van der Waals surface area contributed by atoms with E-state index in [1.54, 1.807) is 17.1 Å². The first-order valence-electron chi connectivity index (χ1n) is 4.47. The molecule has 2 heterocycles. The molecule has 0 aliphatic rings. The smallest absolute Gasteiger partial charge is 0.224 e. The maximum atomic E-state index is 4.28. The minimum atomic E-state index is 0.625. The lowest BCUT2D eigenvalue weighted by atomic mass is 10.6. The molecule has 0 saturated heterocycles. The number of nitrogens with one attached hydrogen (secondary N) is 1. The molecule has 0 fully saturated rings. The van der Waals surface area contributed by atoms with Gasteiger partial charge in [-0.15, -0.1) is 0 Å². The molecule has 5 heteroatoms. The summed E-state index contributed by atoms with van der Waals surface area (Å²) in [6, 6.07) is 3.67. The van der Waals surface area contributed by atoms with Crippen molar-refractivity contribution in [1.82, 2.24) is 19.7 Å². The van der Waals surface area contributed by atoms with Crippen molar-refractivity contribution in [2.45, 2.75) is 6.92 Å². The van der Waals surface area contributed by atoms with Crippen molar-refractivity contribution in [3.8, 4) is 5.82 Å². The first kappa shape index (κ1) is 8.68. The molecule has 0 radical (unpaired) electrons. The third-order valence-corrected chi connectivity index (χ3v) is 1.71. The SMILES string of the molecule is CCNc1nccc(-n2cccn2)n1. The molecule has 2 aromatic heterocycles. The molecule has 0 bridgehead atoms. The van der Waals surface area contributed by atoms with Crippen LogP contribution in [-0.4, -0.2) is 26.3 Å². The molecule has 0 amide bonds. The first-order valence-corrected chi connectivity index (χ1v) is 4.47. The number of hydrogen-bond donors (Lipinski definition) is 1. The lowest BCUT2D eigenvalue weighted by Crippen LogP contribution is -2.05. The maximum Gasteiger partial charge on any atom is 0.224 e. The molecule has 0 atom stereocenters. The fraction of sp³-hybridized carbons (Fsp3) is 0.222. The Balaban J connectivity index is 2.31. The Hall–Kier alpha value is -1.91. The van der Waals surface area contributed by atoms with E-state index in [1.807, 2.05) is 25.3 Å². The van der Waals surface area contributed by atoms with E-state index in [9.17, 15) is 0 Å². The zero-order valence-corrected chi connectivity index (χ0v) is 7.88. The molecule has 2 aromatic rings. The van der Waals surface area contributed by atoms with Crippen LogP contribution >= 0.6 is 0 Å². The van der Waals surface area contributed by atoms with Crippen molar-refractivity contribution in [1.29, 1.82) is 0 Å². The Labute approximate surface area is 81.8 Å². The fourth-order valence-corrected chi connectivity index (χ4v) is 1.12. The maximum absolute atomic E-state index is 4.28. The minimum Gasteiger partial charge on any atom is -0.354 e. The second-order valence-corrected chi connectivity index (χ2v) is 2.72. The molecular formula is C9H11N5. The van der Waals surface area contributed by atoms with Gasteiger partial charge in [-0.2, -0.15) is 10.1 Å². The number of nitrogens with zero attached hydrogens (tertiary/aromatic N) is 4. The van der Waals surface area contributed by atoms with Gasteiger partial charge >= 0.3 is 0 Å². The summed E-state index contributed by atoms with van der Waals surface area (Å²) < 4.78 is 1.70. The van der Waals surface area contributed by atoms with Crippen LogP contribution in [0.15, 0.2) is 30.7 Å². The van der Waals surface area contributed by atoms with Crippen molar-refractivity contribution in [3.63, 3.8) is 0 Å². The summed E-state index contributed by atoms with van der Waals surface area (Å²) in [7, 11) is 0. The summed E-state index contributed by atoms with van der Waals surface area (Å²) in [5, 5.41) is 7.13. The molecule has 0 saturated carbocycles. The summed E-state index contributed by atoms with van der Waals surface area (Å²) in [6.07, 6.45) is 5.27. The van der Waals surface area contributed by atoms with Gasteiger partial charge in [0, 0.05) is 31.2 Å². The molecule has 72 valence electrons. The lowest BCUT2D eigenvalue weighted by molar-refractivity contribution is 0.839. The summed E-state index contributed by atoms with van der Waals surface area (Å²) in [5.74, 6) is 1.39. The molecule has 0 unspecified atom stereocenters. The molecule has 14 heavy (non-hydrogen) atoms. The van der Waals surface area contributed by atoms with Crippen molar-refractivity contribution in [2.75, 3.05) is 11.9 Å². The highest BCUT2D eigenvalue weighted by Gasteiger charge is 1.99. The molecule has 0 aromatic carbocycles. The van der Waals surface area contributed by atoms with Gasteiger partial charge in [-0.3, -0.25) is 0 Å². The van der Waals surface area contributed by atoms with Gasteiger partial charge in [0.05, 0.1) is 0 Å². The standard InChI is InChI=1S/C9H11N5/c1-2-10-9-11-6-4-8(13-9)14-7-3-5-12-14/h3-7H,2H2,1H3,(H,10,11,13). The van der Waals surface area contributed by atoms with E-state index < -0.39 is 0 Å². The van der Waals surface area contributed by atoms with Crippen LogP contribution in [0.25, 0.3) is 5.82 Å². The normalized spacial score (nSPS) is 10.1. The molecule has 2 rings (SSSR count). The van der Waals surface area contributed by atoms with E-state index in [2.05, 4.69) is 20.4 Å². The topological polar surface area (TPSA) is 55.6 Å². The Morgan fingerprint density at radius 1 is 1.43 bits per heavy atom. The largest absolute Gasteiger partial charge is 0.354 e. The van der Waals surface area contributed by atoms with Gasteiger partial charge in [0.15, 0.2) is 5.82 Å². The van der Waals surface area contributed by atoms with Crippen LogP contribution in [0.4, 0.5) is 5.95 Å². The van der Waals surface area contributed by atoms with Crippen LogP contribution < -0.4 is 5.32 Å². The molecule has 1 N–H and O–H groups in total. The summed E-state index contributed by atoms with van der Waals surface area (Å²) >= 11 is 0. The average molecular weight is 189 g/mol. The monoisotopic (exact) mass is 189 g/mol. The summed E-state index contributed by atoms with van der Waals surface area (Å²) in [4.78, 5) is 8.36. The minimum absolute atomic E-state index is 0.625. The lowest BCUT2D eigenvalue weighted by Gasteiger charge is -2.03. The quantitative estimate of drug-likeness (QED) is 0.785. The zero-order valence-electron chi connectivity index (χ0n) is 7.88. The molecule has 0 spiro atoms. The highest BCUT2D eigenvalue weighted by molar-refractivity contribution is 5.30. The third-order valence-electron chi connectivity index (χ3n) is 1.71. The van der Waals surface area contributed by atoms with Crippen LogP contribution in [0.2, 0.25) is 0 Å². The van der Waals surface area contributed by atoms with Crippen molar-refractivity contribution >= 4 is 5.95 Å². The first-order chi connectivity index (χ1) is 6.90. The van der Waals surface area contributed by atoms with E-state index in [1.165, 1.54) is 0 Å². The Morgan fingerprint density at radius 2 is 2.36 bits per heavy atom. The summed E-state index contributed by atoms with van der Waals surface area (Å²) in [5.41, 5.74) is 0. The van der Waals surface area contributed by atoms with Gasteiger partial charge in [-0.25, -0.2) is 9.67 Å². The van der Waals surface area contributed by atoms with Gasteiger partial charge in [-0.05, 0) is 13.0 Å². The average Bonchev–Trinajstić information content (AvgIpc) is 2.71.